The lowest BCUT2D eigenvalue weighted by Crippen LogP contribution is -2.15. The maximum Gasteiger partial charge on any atom is 0.151 e. The van der Waals surface area contributed by atoms with Crippen molar-refractivity contribution in [2.24, 2.45) is 5.41 Å². The van der Waals surface area contributed by atoms with Crippen molar-refractivity contribution in [2.75, 3.05) is 0 Å². The van der Waals surface area contributed by atoms with Crippen LogP contribution in [0, 0.1) is 39.4 Å². The molecule has 0 saturated carbocycles. The highest BCUT2D eigenvalue weighted by atomic mass is 14.4. The van der Waals surface area contributed by atoms with E-state index in [4.69, 9.17) is 15.8 Å². The van der Waals surface area contributed by atoms with Crippen LogP contribution in [0.2, 0.25) is 0 Å². The third kappa shape index (κ3) is 3.82. The monoisotopic (exact) mass is 211 g/mol. The molecule has 16 heavy (non-hydrogen) atoms. The maximum absolute atomic E-state index is 9.00. The Kier molecular flexibility index (Phi) is 6.03. The van der Waals surface area contributed by atoms with Gasteiger partial charge in [-0.1, -0.05) is 18.2 Å². The van der Waals surface area contributed by atoms with Crippen molar-refractivity contribution in [3.8, 4) is 18.2 Å². The topological polar surface area (TPSA) is 71.4 Å². The zero-order valence-electron chi connectivity index (χ0n) is 9.27. The van der Waals surface area contributed by atoms with E-state index in [9.17, 15) is 0 Å². The average molecular weight is 211 g/mol. The van der Waals surface area contributed by atoms with Gasteiger partial charge in [0.05, 0.1) is 18.2 Å². The Bertz CT molecular complexity index is 408. The molecule has 0 rings (SSSR count). The van der Waals surface area contributed by atoms with Gasteiger partial charge in [0.1, 0.15) is 0 Å². The molecular weight excluding hydrogens is 198 g/mol. The largest absolute Gasteiger partial charge is 0.197 e. The van der Waals surface area contributed by atoms with Crippen LogP contribution in [0.3, 0.4) is 0 Å². The fraction of sp³-hybridized carbons (Fsp3) is 0.308. The van der Waals surface area contributed by atoms with E-state index >= 15 is 0 Å². The van der Waals surface area contributed by atoms with Crippen LogP contribution in [-0.4, -0.2) is 0 Å². The summed E-state index contributed by atoms with van der Waals surface area (Å²) in [4.78, 5) is 0. The van der Waals surface area contributed by atoms with Gasteiger partial charge in [-0.3, -0.25) is 0 Å². The van der Waals surface area contributed by atoms with Gasteiger partial charge in [0.2, 0.25) is 0 Å². The minimum Gasteiger partial charge on any atom is -0.197 e. The summed E-state index contributed by atoms with van der Waals surface area (Å²) in [6.45, 7) is 5.35. The quantitative estimate of drug-likeness (QED) is 0.398. The summed E-state index contributed by atoms with van der Waals surface area (Å²) in [6, 6.07) is 5.91. The molecule has 0 bridgehead atoms. The molecule has 0 saturated heterocycles. The van der Waals surface area contributed by atoms with E-state index in [1.54, 1.807) is 18.2 Å². The molecular formula is C13H13N3. The molecule has 0 amide bonds. The van der Waals surface area contributed by atoms with Gasteiger partial charge < -0.3 is 0 Å². The van der Waals surface area contributed by atoms with Crippen molar-refractivity contribution in [2.45, 2.75) is 19.8 Å². The van der Waals surface area contributed by atoms with Crippen molar-refractivity contribution in [3.63, 3.8) is 0 Å². The first-order valence-electron chi connectivity index (χ1n) is 4.83. The van der Waals surface area contributed by atoms with Crippen molar-refractivity contribution in [1.82, 2.24) is 0 Å². The van der Waals surface area contributed by atoms with Gasteiger partial charge in [0.15, 0.2) is 5.41 Å². The molecule has 0 aromatic carbocycles. The van der Waals surface area contributed by atoms with Crippen LogP contribution in [0.25, 0.3) is 0 Å². The van der Waals surface area contributed by atoms with Gasteiger partial charge in [-0.25, -0.2) is 0 Å². The number of hydrogen-bond donors (Lipinski definition) is 0. The highest BCUT2D eigenvalue weighted by Gasteiger charge is 2.29. The molecule has 0 atom stereocenters. The summed E-state index contributed by atoms with van der Waals surface area (Å²) in [7, 11) is 0. The summed E-state index contributed by atoms with van der Waals surface area (Å²) in [5.41, 5.74) is -0.756. The van der Waals surface area contributed by atoms with Crippen LogP contribution in [-0.2, 0) is 0 Å². The second-order valence-corrected chi connectivity index (χ2v) is 3.30. The Labute approximate surface area is 96.2 Å². The van der Waals surface area contributed by atoms with E-state index < -0.39 is 5.41 Å². The zero-order chi connectivity index (χ0) is 12.4. The Morgan fingerprint density at radius 3 is 2.31 bits per heavy atom. The molecule has 0 aromatic heterocycles. The number of hydrogen-bond acceptors (Lipinski definition) is 3. The molecule has 0 N–H and O–H groups in total. The predicted molar refractivity (Wildman–Crippen MR) is 61.6 cm³/mol. The fourth-order valence-electron chi connectivity index (χ4n) is 1.19. The Hall–Kier alpha value is -2.31. The Balaban J connectivity index is 5.05. The number of allylic oxidation sites excluding steroid dienone is 5. The number of rotatable bonds is 5. The van der Waals surface area contributed by atoms with E-state index in [1.165, 1.54) is 6.08 Å². The van der Waals surface area contributed by atoms with Crippen molar-refractivity contribution in [3.05, 3.63) is 36.5 Å². The first-order valence-corrected chi connectivity index (χ1v) is 4.83. The average Bonchev–Trinajstić information content (AvgIpc) is 2.33. The Morgan fingerprint density at radius 2 is 1.94 bits per heavy atom. The minimum absolute atomic E-state index is 0.132. The summed E-state index contributed by atoms with van der Waals surface area (Å²) in [5.74, 6) is 0. The smallest absolute Gasteiger partial charge is 0.151 e. The van der Waals surface area contributed by atoms with E-state index in [0.717, 1.165) is 0 Å². The second-order valence-electron chi connectivity index (χ2n) is 3.30. The van der Waals surface area contributed by atoms with Crippen LogP contribution in [0.4, 0.5) is 0 Å². The van der Waals surface area contributed by atoms with Gasteiger partial charge in [-0.2, -0.15) is 15.8 Å². The van der Waals surface area contributed by atoms with Gasteiger partial charge >= 0.3 is 0 Å². The normalized spacial score (nSPS) is 11.5. The maximum atomic E-state index is 9.00. The highest BCUT2D eigenvalue weighted by Crippen LogP contribution is 2.29. The second kappa shape index (κ2) is 7.04. The van der Waals surface area contributed by atoms with Crippen LogP contribution in [0.1, 0.15) is 19.8 Å². The molecule has 0 spiro atoms. The molecule has 3 heteroatoms. The van der Waals surface area contributed by atoms with Gasteiger partial charge in [0.25, 0.3) is 0 Å². The molecule has 0 fully saturated rings. The van der Waals surface area contributed by atoms with Gasteiger partial charge in [-0.15, -0.1) is 6.58 Å². The molecule has 3 nitrogen and oxygen atoms in total. The molecule has 0 heterocycles. The summed E-state index contributed by atoms with van der Waals surface area (Å²) < 4.78 is 0. The molecule has 0 aliphatic carbocycles. The zero-order valence-corrected chi connectivity index (χ0v) is 9.27. The third-order valence-corrected chi connectivity index (χ3v) is 2.05. The van der Waals surface area contributed by atoms with Crippen molar-refractivity contribution in [1.29, 1.82) is 15.8 Å². The number of nitrogens with zero attached hydrogens (tertiary/aromatic N) is 3. The lowest BCUT2D eigenvalue weighted by molar-refractivity contribution is 0.530. The van der Waals surface area contributed by atoms with Crippen LogP contribution >= 0.6 is 0 Å². The van der Waals surface area contributed by atoms with Crippen LogP contribution in [0.5, 0.6) is 0 Å². The lowest BCUT2D eigenvalue weighted by atomic mass is 9.81. The summed E-state index contributed by atoms with van der Waals surface area (Å²) >= 11 is 0. The van der Waals surface area contributed by atoms with Crippen molar-refractivity contribution >= 4 is 0 Å². The first-order chi connectivity index (χ1) is 7.67. The molecule has 0 aliphatic rings. The first kappa shape index (κ1) is 13.7. The summed E-state index contributed by atoms with van der Waals surface area (Å²) in [6.07, 6.45) is 7.03. The van der Waals surface area contributed by atoms with Crippen LogP contribution < -0.4 is 0 Å². The van der Waals surface area contributed by atoms with Gasteiger partial charge in [0, 0.05) is 12.0 Å². The molecule has 0 unspecified atom stereocenters. The van der Waals surface area contributed by atoms with Crippen molar-refractivity contribution < 1.29 is 0 Å². The lowest BCUT2D eigenvalue weighted by Gasteiger charge is -2.14. The fourth-order valence-corrected chi connectivity index (χ4v) is 1.19. The van der Waals surface area contributed by atoms with E-state index in [0.29, 0.717) is 5.57 Å². The standard InChI is InChI=1S/C13H13N3/c1-3-5-6-12(9-14)8-13(10-15,11-16)7-4-2/h3-6H,2,7-8H2,1H3/b5-3+,12-6-. The highest BCUT2D eigenvalue weighted by molar-refractivity contribution is 5.32. The molecule has 0 aromatic rings. The predicted octanol–water partition coefficient (Wildman–Crippen LogP) is 3.01. The third-order valence-electron chi connectivity index (χ3n) is 2.05. The van der Waals surface area contributed by atoms with Gasteiger partial charge in [-0.05, 0) is 19.4 Å². The van der Waals surface area contributed by atoms with Crippen LogP contribution in [0.15, 0.2) is 36.5 Å². The minimum atomic E-state index is -1.18. The summed E-state index contributed by atoms with van der Waals surface area (Å²) in [5, 5.41) is 26.9. The van der Waals surface area contributed by atoms with E-state index in [-0.39, 0.29) is 12.8 Å². The Morgan fingerprint density at radius 1 is 1.31 bits per heavy atom. The SMILES string of the molecule is C=CCC(C#N)(C#N)C/C(C#N)=C/C=C/C. The van der Waals surface area contributed by atoms with E-state index in [2.05, 4.69) is 6.58 Å². The number of nitriles is 3. The molecule has 80 valence electrons. The molecule has 0 aliphatic heterocycles. The van der Waals surface area contributed by atoms with E-state index in [1.807, 2.05) is 25.1 Å². The molecule has 0 radical (unpaired) electrons.